The van der Waals surface area contributed by atoms with Gasteiger partial charge in [0.15, 0.2) is 21.5 Å². The van der Waals surface area contributed by atoms with Gasteiger partial charge in [0.2, 0.25) is 5.91 Å². The topological polar surface area (TPSA) is 98.5 Å². The average Bonchev–Trinajstić information content (AvgIpc) is 3.13. The number of carbonyl (C=O) groups excluding carboxylic acids is 1. The molecule has 7 nitrogen and oxygen atoms in total. The van der Waals surface area contributed by atoms with Crippen LogP contribution in [0, 0.1) is 13.8 Å². The standard InChI is InChI=1S/C21H22N2O5S/c1-14-4-5-16(19-13-22-15(2)28-19)12-20(14)29(25,26)11-10-21(24)23-17-6-8-18(27-3)9-7-17/h4-9,12-13H,10-11H2,1-3H3,(H,23,24). The molecule has 0 fully saturated rings. The fourth-order valence-electron chi connectivity index (χ4n) is 2.82. The lowest BCUT2D eigenvalue weighted by molar-refractivity contribution is -0.115. The Balaban J connectivity index is 1.71. The number of hydrogen-bond acceptors (Lipinski definition) is 6. The summed E-state index contributed by atoms with van der Waals surface area (Å²) in [5, 5.41) is 2.69. The van der Waals surface area contributed by atoms with Gasteiger partial charge < -0.3 is 14.5 Å². The fraction of sp³-hybridized carbons (Fsp3) is 0.238. The molecule has 1 N–H and O–H groups in total. The van der Waals surface area contributed by atoms with Crippen LogP contribution in [0.1, 0.15) is 17.9 Å². The Morgan fingerprint density at radius 1 is 1.14 bits per heavy atom. The summed E-state index contributed by atoms with van der Waals surface area (Å²) in [5.41, 5.74) is 1.81. The molecule has 3 aromatic rings. The number of anilines is 1. The van der Waals surface area contributed by atoms with Crippen LogP contribution in [0.4, 0.5) is 5.69 Å². The number of amides is 1. The number of carbonyl (C=O) groups is 1. The van der Waals surface area contributed by atoms with Crippen LogP contribution in [0.5, 0.6) is 5.75 Å². The molecule has 0 aliphatic heterocycles. The zero-order valence-electron chi connectivity index (χ0n) is 16.4. The van der Waals surface area contributed by atoms with Crippen molar-refractivity contribution >= 4 is 21.4 Å². The third kappa shape index (κ3) is 5.03. The highest BCUT2D eigenvalue weighted by Gasteiger charge is 2.20. The Kier molecular flexibility index (Phi) is 6.03. The molecule has 0 aliphatic carbocycles. The minimum atomic E-state index is -3.66. The SMILES string of the molecule is COc1ccc(NC(=O)CCS(=O)(=O)c2cc(-c3cnc(C)o3)ccc2C)cc1. The summed E-state index contributed by atoms with van der Waals surface area (Å²) in [4.78, 5) is 16.4. The van der Waals surface area contributed by atoms with Crippen molar-refractivity contribution in [3.05, 3.63) is 60.1 Å². The van der Waals surface area contributed by atoms with E-state index in [1.807, 2.05) is 0 Å². The van der Waals surface area contributed by atoms with Crippen LogP contribution >= 0.6 is 0 Å². The minimum absolute atomic E-state index is 0.153. The summed E-state index contributed by atoms with van der Waals surface area (Å²) < 4.78 is 36.2. The monoisotopic (exact) mass is 414 g/mol. The van der Waals surface area contributed by atoms with E-state index in [0.29, 0.717) is 34.2 Å². The van der Waals surface area contributed by atoms with Crippen molar-refractivity contribution in [3.8, 4) is 17.1 Å². The molecule has 1 amide bonds. The first-order chi connectivity index (χ1) is 13.8. The summed E-state index contributed by atoms with van der Waals surface area (Å²) in [6.07, 6.45) is 1.40. The highest BCUT2D eigenvalue weighted by molar-refractivity contribution is 7.91. The van der Waals surface area contributed by atoms with E-state index >= 15 is 0 Å². The van der Waals surface area contributed by atoms with Crippen LogP contribution in [0.25, 0.3) is 11.3 Å². The van der Waals surface area contributed by atoms with Crippen molar-refractivity contribution in [2.45, 2.75) is 25.2 Å². The molecule has 0 saturated carbocycles. The average molecular weight is 414 g/mol. The molecule has 0 unspecified atom stereocenters. The molecule has 0 bridgehead atoms. The highest BCUT2D eigenvalue weighted by atomic mass is 32.2. The molecule has 3 rings (SSSR count). The predicted molar refractivity (Wildman–Crippen MR) is 110 cm³/mol. The van der Waals surface area contributed by atoms with Crippen molar-refractivity contribution in [2.24, 2.45) is 0 Å². The summed E-state index contributed by atoms with van der Waals surface area (Å²) >= 11 is 0. The van der Waals surface area contributed by atoms with Gasteiger partial charge in [-0.25, -0.2) is 13.4 Å². The lowest BCUT2D eigenvalue weighted by Crippen LogP contribution is -2.18. The largest absolute Gasteiger partial charge is 0.497 e. The first-order valence-electron chi connectivity index (χ1n) is 8.98. The van der Waals surface area contributed by atoms with Crippen molar-refractivity contribution in [2.75, 3.05) is 18.2 Å². The Bertz CT molecular complexity index is 1120. The van der Waals surface area contributed by atoms with Gasteiger partial charge in [-0.1, -0.05) is 12.1 Å². The van der Waals surface area contributed by atoms with Crippen molar-refractivity contribution in [1.82, 2.24) is 4.98 Å². The Morgan fingerprint density at radius 3 is 2.48 bits per heavy atom. The minimum Gasteiger partial charge on any atom is -0.497 e. The van der Waals surface area contributed by atoms with E-state index in [0.717, 1.165) is 0 Å². The second kappa shape index (κ2) is 8.48. The normalized spacial score (nSPS) is 11.3. The van der Waals surface area contributed by atoms with Gasteiger partial charge in [-0.3, -0.25) is 4.79 Å². The van der Waals surface area contributed by atoms with Crippen LogP contribution in [-0.4, -0.2) is 32.2 Å². The highest BCUT2D eigenvalue weighted by Crippen LogP contribution is 2.26. The van der Waals surface area contributed by atoms with Crippen LogP contribution in [0.2, 0.25) is 0 Å². The molecular weight excluding hydrogens is 392 g/mol. The smallest absolute Gasteiger partial charge is 0.225 e. The van der Waals surface area contributed by atoms with E-state index < -0.39 is 9.84 Å². The fourth-order valence-corrected chi connectivity index (χ4v) is 4.36. The first kappa shape index (κ1) is 20.6. The Hall–Kier alpha value is -3.13. The Morgan fingerprint density at radius 2 is 1.86 bits per heavy atom. The summed E-state index contributed by atoms with van der Waals surface area (Å²) in [6.45, 7) is 3.44. The van der Waals surface area contributed by atoms with Crippen molar-refractivity contribution < 1.29 is 22.4 Å². The number of oxazole rings is 1. The van der Waals surface area contributed by atoms with Crippen LogP contribution in [0.15, 0.2) is 58.0 Å². The maximum absolute atomic E-state index is 12.8. The first-order valence-corrected chi connectivity index (χ1v) is 10.6. The maximum atomic E-state index is 12.8. The van der Waals surface area contributed by atoms with Gasteiger partial charge >= 0.3 is 0 Å². The van der Waals surface area contributed by atoms with Gasteiger partial charge in [0.1, 0.15) is 5.75 Å². The molecule has 1 heterocycles. The zero-order chi connectivity index (χ0) is 21.0. The Labute approximate surface area is 169 Å². The molecule has 8 heteroatoms. The number of nitrogens with one attached hydrogen (secondary N) is 1. The number of rotatable bonds is 7. The molecule has 0 saturated heterocycles. The molecule has 1 aromatic heterocycles. The molecule has 0 atom stereocenters. The number of aromatic nitrogens is 1. The summed E-state index contributed by atoms with van der Waals surface area (Å²) in [6, 6.07) is 11.9. The quantitative estimate of drug-likeness (QED) is 0.632. The molecule has 0 radical (unpaired) electrons. The van der Waals surface area contributed by atoms with E-state index in [2.05, 4.69) is 10.3 Å². The number of ether oxygens (including phenoxy) is 1. The number of methoxy groups -OCH3 is 1. The lowest BCUT2D eigenvalue weighted by atomic mass is 10.1. The summed E-state index contributed by atoms with van der Waals surface area (Å²) in [7, 11) is -2.10. The van der Waals surface area contributed by atoms with Crippen LogP contribution < -0.4 is 10.1 Å². The number of hydrogen-bond donors (Lipinski definition) is 1. The molecule has 2 aromatic carbocycles. The van der Waals surface area contributed by atoms with E-state index in [1.165, 1.54) is 0 Å². The molecule has 29 heavy (non-hydrogen) atoms. The van der Waals surface area contributed by atoms with Crippen LogP contribution in [-0.2, 0) is 14.6 Å². The third-order valence-corrected chi connectivity index (χ3v) is 6.25. The maximum Gasteiger partial charge on any atom is 0.225 e. The van der Waals surface area contributed by atoms with Gasteiger partial charge in [0, 0.05) is 24.6 Å². The summed E-state index contributed by atoms with van der Waals surface area (Å²) in [5.74, 6) is 0.993. The lowest BCUT2D eigenvalue weighted by Gasteiger charge is -2.10. The van der Waals surface area contributed by atoms with E-state index in [1.54, 1.807) is 69.6 Å². The van der Waals surface area contributed by atoms with Crippen LogP contribution in [0.3, 0.4) is 0 Å². The number of benzene rings is 2. The van der Waals surface area contributed by atoms with Gasteiger partial charge in [-0.05, 0) is 42.8 Å². The third-order valence-electron chi connectivity index (χ3n) is 4.40. The number of sulfone groups is 1. The number of aryl methyl sites for hydroxylation is 2. The van der Waals surface area contributed by atoms with Gasteiger partial charge in [-0.15, -0.1) is 0 Å². The van der Waals surface area contributed by atoms with E-state index in [9.17, 15) is 13.2 Å². The molecular formula is C21H22N2O5S. The predicted octanol–water partition coefficient (Wildman–Crippen LogP) is 3.77. The van der Waals surface area contributed by atoms with E-state index in [4.69, 9.17) is 9.15 Å². The second-order valence-corrected chi connectivity index (χ2v) is 8.65. The van der Waals surface area contributed by atoms with Gasteiger partial charge in [0.25, 0.3) is 0 Å². The second-order valence-electron chi connectivity index (χ2n) is 6.57. The molecule has 0 spiro atoms. The zero-order valence-corrected chi connectivity index (χ0v) is 17.2. The molecule has 0 aliphatic rings. The molecule has 152 valence electrons. The number of nitrogens with zero attached hydrogens (tertiary/aromatic N) is 1. The van der Waals surface area contributed by atoms with Gasteiger partial charge in [0.05, 0.1) is 24.0 Å². The van der Waals surface area contributed by atoms with Crippen molar-refractivity contribution in [1.29, 1.82) is 0 Å². The van der Waals surface area contributed by atoms with Crippen molar-refractivity contribution in [3.63, 3.8) is 0 Å². The van der Waals surface area contributed by atoms with E-state index in [-0.39, 0.29) is 23.0 Å². The van der Waals surface area contributed by atoms with Gasteiger partial charge in [-0.2, -0.15) is 0 Å².